The molecule has 0 aliphatic carbocycles. The third kappa shape index (κ3) is 3.47. The SMILES string of the molecule is O=C(Nc1ccc(C(F)(F)F)nc1)c1ccc(O)cc1F. The Hall–Kier alpha value is -2.64. The minimum atomic E-state index is -4.58. The van der Waals surface area contributed by atoms with Gasteiger partial charge in [-0.05, 0) is 24.3 Å². The van der Waals surface area contributed by atoms with Crippen LogP contribution in [0.4, 0.5) is 23.2 Å². The molecule has 2 aromatic rings. The number of aromatic nitrogens is 1. The molecule has 2 rings (SSSR count). The van der Waals surface area contributed by atoms with E-state index in [-0.39, 0.29) is 17.0 Å². The van der Waals surface area contributed by atoms with Crippen molar-refractivity contribution in [3.8, 4) is 5.75 Å². The highest BCUT2D eigenvalue weighted by atomic mass is 19.4. The summed E-state index contributed by atoms with van der Waals surface area (Å²) in [6.07, 6.45) is -3.76. The number of phenols is 1. The molecule has 0 saturated carbocycles. The van der Waals surface area contributed by atoms with Gasteiger partial charge in [-0.1, -0.05) is 0 Å². The summed E-state index contributed by atoms with van der Waals surface area (Å²) in [5, 5.41) is 11.2. The highest BCUT2D eigenvalue weighted by Gasteiger charge is 2.32. The molecule has 0 unspecified atom stereocenters. The fourth-order valence-corrected chi connectivity index (χ4v) is 1.52. The molecule has 21 heavy (non-hydrogen) atoms. The van der Waals surface area contributed by atoms with Crippen molar-refractivity contribution in [2.45, 2.75) is 6.18 Å². The summed E-state index contributed by atoms with van der Waals surface area (Å²) >= 11 is 0. The van der Waals surface area contributed by atoms with Gasteiger partial charge < -0.3 is 10.4 Å². The van der Waals surface area contributed by atoms with Gasteiger partial charge in [-0.25, -0.2) is 9.37 Å². The number of carbonyl (C=O) groups excluding carboxylic acids is 1. The minimum Gasteiger partial charge on any atom is -0.508 e. The van der Waals surface area contributed by atoms with Crippen LogP contribution in [0.15, 0.2) is 36.5 Å². The van der Waals surface area contributed by atoms with Gasteiger partial charge in [-0.15, -0.1) is 0 Å². The Morgan fingerprint density at radius 3 is 2.43 bits per heavy atom. The number of anilines is 1. The van der Waals surface area contributed by atoms with Crippen molar-refractivity contribution in [1.29, 1.82) is 0 Å². The number of rotatable bonds is 2. The normalized spacial score (nSPS) is 11.2. The summed E-state index contributed by atoms with van der Waals surface area (Å²) in [7, 11) is 0. The molecule has 2 N–H and O–H groups in total. The second-order valence-corrected chi connectivity index (χ2v) is 4.05. The maximum absolute atomic E-state index is 13.4. The molecular weight excluding hydrogens is 292 g/mol. The number of pyridine rings is 1. The van der Waals surface area contributed by atoms with Crippen molar-refractivity contribution in [3.05, 3.63) is 53.6 Å². The summed E-state index contributed by atoms with van der Waals surface area (Å²) in [5.74, 6) is -2.17. The maximum Gasteiger partial charge on any atom is 0.433 e. The number of phenolic OH excluding ortho intramolecular Hbond substituents is 1. The van der Waals surface area contributed by atoms with Gasteiger partial charge in [0, 0.05) is 6.07 Å². The van der Waals surface area contributed by atoms with Gasteiger partial charge >= 0.3 is 6.18 Å². The number of amides is 1. The van der Waals surface area contributed by atoms with Crippen molar-refractivity contribution >= 4 is 11.6 Å². The molecule has 1 amide bonds. The van der Waals surface area contributed by atoms with Gasteiger partial charge in [-0.3, -0.25) is 4.79 Å². The quantitative estimate of drug-likeness (QED) is 0.837. The third-order valence-electron chi connectivity index (χ3n) is 2.51. The number of alkyl halides is 3. The molecule has 0 saturated heterocycles. The average Bonchev–Trinajstić information content (AvgIpc) is 2.38. The summed E-state index contributed by atoms with van der Waals surface area (Å²) in [4.78, 5) is 14.9. The number of nitrogens with zero attached hydrogens (tertiary/aromatic N) is 1. The van der Waals surface area contributed by atoms with Crippen LogP contribution in [0.5, 0.6) is 5.75 Å². The Labute approximate surface area is 116 Å². The summed E-state index contributed by atoms with van der Waals surface area (Å²) in [5.41, 5.74) is -1.47. The first kappa shape index (κ1) is 14.8. The molecule has 0 bridgehead atoms. The summed E-state index contributed by atoms with van der Waals surface area (Å²) < 4.78 is 50.4. The van der Waals surface area contributed by atoms with Crippen LogP contribution in [0.2, 0.25) is 0 Å². The van der Waals surface area contributed by atoms with Gasteiger partial charge in [-0.2, -0.15) is 13.2 Å². The fourth-order valence-electron chi connectivity index (χ4n) is 1.52. The van der Waals surface area contributed by atoms with E-state index in [0.717, 1.165) is 30.5 Å². The highest BCUT2D eigenvalue weighted by molar-refractivity contribution is 6.04. The van der Waals surface area contributed by atoms with Crippen molar-refractivity contribution in [2.75, 3.05) is 5.32 Å². The van der Waals surface area contributed by atoms with Crippen LogP contribution >= 0.6 is 0 Å². The molecule has 110 valence electrons. The smallest absolute Gasteiger partial charge is 0.433 e. The van der Waals surface area contributed by atoms with E-state index in [9.17, 15) is 22.4 Å². The highest BCUT2D eigenvalue weighted by Crippen LogP contribution is 2.27. The number of hydrogen-bond donors (Lipinski definition) is 2. The predicted molar refractivity (Wildman–Crippen MR) is 65.3 cm³/mol. The van der Waals surface area contributed by atoms with Gasteiger partial charge in [0.15, 0.2) is 0 Å². The Kier molecular flexibility index (Phi) is 3.79. The monoisotopic (exact) mass is 300 g/mol. The Morgan fingerprint density at radius 2 is 1.90 bits per heavy atom. The topological polar surface area (TPSA) is 62.2 Å². The lowest BCUT2D eigenvalue weighted by atomic mass is 10.2. The molecule has 1 heterocycles. The number of hydrogen-bond acceptors (Lipinski definition) is 3. The van der Waals surface area contributed by atoms with E-state index in [1.54, 1.807) is 0 Å². The lowest BCUT2D eigenvalue weighted by Gasteiger charge is -2.08. The maximum atomic E-state index is 13.4. The number of benzene rings is 1. The van der Waals surface area contributed by atoms with Crippen LogP contribution < -0.4 is 5.32 Å². The van der Waals surface area contributed by atoms with Gasteiger partial charge in [0.05, 0.1) is 17.4 Å². The number of carbonyl (C=O) groups is 1. The Balaban J connectivity index is 2.16. The molecular formula is C13H8F4N2O2. The van der Waals surface area contributed by atoms with Crippen LogP contribution in [0.25, 0.3) is 0 Å². The molecule has 8 heteroatoms. The molecule has 1 aromatic carbocycles. The average molecular weight is 300 g/mol. The molecule has 0 aliphatic rings. The molecule has 4 nitrogen and oxygen atoms in total. The van der Waals surface area contributed by atoms with E-state index in [1.807, 2.05) is 0 Å². The van der Waals surface area contributed by atoms with Crippen molar-refractivity contribution in [1.82, 2.24) is 4.98 Å². The largest absolute Gasteiger partial charge is 0.508 e. The van der Waals surface area contributed by atoms with Crippen molar-refractivity contribution in [3.63, 3.8) is 0 Å². The van der Waals surface area contributed by atoms with Crippen LogP contribution in [0.1, 0.15) is 16.1 Å². The molecule has 0 atom stereocenters. The van der Waals surface area contributed by atoms with E-state index in [4.69, 9.17) is 5.11 Å². The van der Waals surface area contributed by atoms with E-state index in [1.165, 1.54) is 0 Å². The van der Waals surface area contributed by atoms with Crippen LogP contribution in [-0.4, -0.2) is 16.0 Å². The van der Waals surface area contributed by atoms with Crippen molar-refractivity contribution < 1.29 is 27.5 Å². The fraction of sp³-hybridized carbons (Fsp3) is 0.0769. The molecule has 0 spiro atoms. The molecule has 0 fully saturated rings. The summed E-state index contributed by atoms with van der Waals surface area (Å²) in [6.45, 7) is 0. The summed E-state index contributed by atoms with van der Waals surface area (Å²) in [6, 6.07) is 4.62. The predicted octanol–water partition coefficient (Wildman–Crippen LogP) is 3.20. The van der Waals surface area contributed by atoms with Crippen molar-refractivity contribution in [2.24, 2.45) is 0 Å². The zero-order valence-electron chi connectivity index (χ0n) is 10.3. The lowest BCUT2D eigenvalue weighted by Crippen LogP contribution is -2.14. The zero-order chi connectivity index (χ0) is 15.6. The third-order valence-corrected chi connectivity index (χ3v) is 2.51. The zero-order valence-corrected chi connectivity index (χ0v) is 10.3. The van der Waals surface area contributed by atoms with Gasteiger partial charge in [0.1, 0.15) is 17.3 Å². The first-order valence-corrected chi connectivity index (χ1v) is 5.60. The van der Waals surface area contributed by atoms with Crippen LogP contribution in [-0.2, 0) is 6.18 Å². The second kappa shape index (κ2) is 5.39. The standard InChI is InChI=1S/C13H8F4N2O2/c14-10-5-8(20)2-3-9(10)12(21)19-7-1-4-11(18-6-7)13(15,16)17/h1-6,20H,(H,19,21). The van der Waals surface area contributed by atoms with Gasteiger partial charge in [0.2, 0.25) is 0 Å². The van der Waals surface area contributed by atoms with Crippen LogP contribution in [0, 0.1) is 5.82 Å². The molecule has 1 aromatic heterocycles. The van der Waals surface area contributed by atoms with E-state index >= 15 is 0 Å². The molecule has 0 radical (unpaired) electrons. The number of nitrogens with one attached hydrogen (secondary N) is 1. The number of halogens is 4. The first-order chi connectivity index (χ1) is 9.77. The second-order valence-electron chi connectivity index (χ2n) is 4.05. The number of aromatic hydroxyl groups is 1. The van der Waals surface area contributed by atoms with E-state index < -0.39 is 23.6 Å². The first-order valence-electron chi connectivity index (χ1n) is 5.60. The van der Waals surface area contributed by atoms with E-state index in [2.05, 4.69) is 10.3 Å². The van der Waals surface area contributed by atoms with Crippen LogP contribution in [0.3, 0.4) is 0 Å². The molecule has 0 aliphatic heterocycles. The van der Waals surface area contributed by atoms with Gasteiger partial charge in [0.25, 0.3) is 5.91 Å². The Morgan fingerprint density at radius 1 is 1.19 bits per heavy atom. The Bertz CT molecular complexity index is 669. The minimum absolute atomic E-state index is 0.0134. The lowest BCUT2D eigenvalue weighted by molar-refractivity contribution is -0.141. The van der Waals surface area contributed by atoms with E-state index in [0.29, 0.717) is 6.07 Å².